The van der Waals surface area contributed by atoms with E-state index in [0.29, 0.717) is 21.0 Å². The lowest BCUT2D eigenvalue weighted by atomic mass is 10.2. The first-order valence-corrected chi connectivity index (χ1v) is 8.24. The molecule has 0 atom stereocenters. The Labute approximate surface area is 134 Å². The second-order valence-corrected chi connectivity index (χ2v) is 6.80. The van der Waals surface area contributed by atoms with Gasteiger partial charge in [0.2, 0.25) is 5.88 Å². The van der Waals surface area contributed by atoms with Crippen molar-refractivity contribution in [1.29, 1.82) is 0 Å². The van der Waals surface area contributed by atoms with E-state index in [2.05, 4.69) is 19.9 Å². The molecular weight excluding hydrogens is 316 g/mol. The number of aromatic nitrogens is 4. The minimum absolute atomic E-state index is 0.0139. The summed E-state index contributed by atoms with van der Waals surface area (Å²) >= 11 is 2.92. The number of aromatic hydroxyl groups is 1. The molecule has 0 saturated heterocycles. The normalized spacial score (nSPS) is 11.1. The molecule has 0 unspecified atom stereocenters. The Kier molecular flexibility index (Phi) is 3.09. The summed E-state index contributed by atoms with van der Waals surface area (Å²) in [6.07, 6.45) is 3.52. The molecule has 4 rings (SSSR count). The molecule has 1 N–H and O–H groups in total. The Hall–Kier alpha value is -2.38. The first-order valence-electron chi connectivity index (χ1n) is 6.55. The van der Waals surface area contributed by atoms with Crippen LogP contribution in [0.5, 0.6) is 5.88 Å². The first-order chi connectivity index (χ1) is 10.7. The molecule has 0 spiro atoms. The highest BCUT2D eigenvalue weighted by Crippen LogP contribution is 2.37. The van der Waals surface area contributed by atoms with E-state index in [0.717, 1.165) is 16.1 Å². The summed E-state index contributed by atoms with van der Waals surface area (Å²) in [5.41, 5.74) is 2.43. The molecule has 0 aromatic carbocycles. The number of fused-ring (bicyclic) bond motifs is 1. The molecule has 0 aliphatic carbocycles. The SMILES string of the molecule is Cc1cnc(-c2nc(O)c3scc(-c4ccccn4)c3n2)s1. The molecule has 0 amide bonds. The van der Waals surface area contributed by atoms with Crippen molar-refractivity contribution in [2.24, 2.45) is 0 Å². The maximum absolute atomic E-state index is 10.2. The lowest BCUT2D eigenvalue weighted by Crippen LogP contribution is -1.90. The molecule has 4 aromatic heterocycles. The molecule has 0 radical (unpaired) electrons. The van der Waals surface area contributed by atoms with Crippen LogP contribution in [0.15, 0.2) is 36.0 Å². The fourth-order valence-electron chi connectivity index (χ4n) is 2.16. The van der Waals surface area contributed by atoms with Crippen molar-refractivity contribution >= 4 is 32.9 Å². The zero-order valence-corrected chi connectivity index (χ0v) is 13.1. The molecule has 7 heteroatoms. The van der Waals surface area contributed by atoms with Gasteiger partial charge >= 0.3 is 0 Å². The van der Waals surface area contributed by atoms with E-state index < -0.39 is 0 Å². The maximum atomic E-state index is 10.2. The Morgan fingerprint density at radius 2 is 2.05 bits per heavy atom. The van der Waals surface area contributed by atoms with Crippen molar-refractivity contribution in [3.8, 4) is 28.0 Å². The summed E-state index contributed by atoms with van der Waals surface area (Å²) in [5, 5.41) is 12.8. The van der Waals surface area contributed by atoms with Gasteiger partial charge in [-0.2, -0.15) is 4.98 Å². The average molecular weight is 326 g/mol. The lowest BCUT2D eigenvalue weighted by Gasteiger charge is -2.01. The number of pyridine rings is 1. The number of hydrogen-bond acceptors (Lipinski definition) is 7. The van der Waals surface area contributed by atoms with Crippen LogP contribution in [-0.2, 0) is 0 Å². The first kappa shape index (κ1) is 13.3. The van der Waals surface area contributed by atoms with E-state index in [9.17, 15) is 5.11 Å². The maximum Gasteiger partial charge on any atom is 0.233 e. The van der Waals surface area contributed by atoms with Crippen molar-refractivity contribution in [1.82, 2.24) is 19.9 Å². The van der Waals surface area contributed by atoms with Crippen molar-refractivity contribution in [3.05, 3.63) is 40.8 Å². The minimum Gasteiger partial charge on any atom is -0.492 e. The van der Waals surface area contributed by atoms with Crippen LogP contribution in [0.25, 0.3) is 32.3 Å². The fraction of sp³-hybridized carbons (Fsp3) is 0.0667. The Balaban J connectivity index is 1.96. The van der Waals surface area contributed by atoms with Crippen molar-refractivity contribution in [2.45, 2.75) is 6.92 Å². The number of nitrogens with zero attached hydrogens (tertiary/aromatic N) is 4. The number of aryl methyl sites for hydroxylation is 1. The van der Waals surface area contributed by atoms with Crippen LogP contribution < -0.4 is 0 Å². The van der Waals surface area contributed by atoms with Gasteiger partial charge in [-0.25, -0.2) is 9.97 Å². The average Bonchev–Trinajstić information content (AvgIpc) is 3.14. The molecule has 108 valence electrons. The topological polar surface area (TPSA) is 71.8 Å². The van der Waals surface area contributed by atoms with Crippen LogP contribution in [0.2, 0.25) is 0 Å². The van der Waals surface area contributed by atoms with Crippen LogP contribution in [0.1, 0.15) is 4.88 Å². The van der Waals surface area contributed by atoms with Crippen LogP contribution in [0, 0.1) is 6.92 Å². The molecule has 4 aromatic rings. The lowest BCUT2D eigenvalue weighted by molar-refractivity contribution is 0.461. The summed E-state index contributed by atoms with van der Waals surface area (Å²) in [4.78, 5) is 18.5. The largest absolute Gasteiger partial charge is 0.492 e. The van der Waals surface area contributed by atoms with Crippen molar-refractivity contribution < 1.29 is 5.11 Å². The Morgan fingerprint density at radius 1 is 1.14 bits per heavy atom. The van der Waals surface area contributed by atoms with E-state index in [1.54, 1.807) is 12.4 Å². The molecule has 0 saturated carbocycles. The summed E-state index contributed by atoms with van der Waals surface area (Å²) in [6, 6.07) is 5.72. The second kappa shape index (κ2) is 5.11. The van der Waals surface area contributed by atoms with E-state index in [4.69, 9.17) is 0 Å². The third-order valence-electron chi connectivity index (χ3n) is 3.15. The predicted molar refractivity (Wildman–Crippen MR) is 88.2 cm³/mol. The molecule has 5 nitrogen and oxygen atoms in total. The van der Waals surface area contributed by atoms with Gasteiger partial charge in [-0.15, -0.1) is 22.7 Å². The van der Waals surface area contributed by atoms with Gasteiger partial charge in [0.05, 0.1) is 11.2 Å². The number of hydrogen-bond donors (Lipinski definition) is 1. The van der Waals surface area contributed by atoms with Gasteiger partial charge in [-0.05, 0) is 19.1 Å². The van der Waals surface area contributed by atoms with Crippen molar-refractivity contribution in [3.63, 3.8) is 0 Å². The molecular formula is C15H10N4OS2. The van der Waals surface area contributed by atoms with Gasteiger partial charge in [-0.3, -0.25) is 4.98 Å². The van der Waals surface area contributed by atoms with Crippen LogP contribution in [0.4, 0.5) is 0 Å². The quantitative estimate of drug-likeness (QED) is 0.605. The summed E-state index contributed by atoms with van der Waals surface area (Å²) < 4.78 is 0.665. The number of thiazole rings is 1. The number of rotatable bonds is 2. The zero-order valence-electron chi connectivity index (χ0n) is 11.5. The second-order valence-electron chi connectivity index (χ2n) is 4.69. The molecule has 0 aliphatic heterocycles. The van der Waals surface area contributed by atoms with Gasteiger partial charge in [-0.1, -0.05) is 6.07 Å². The highest BCUT2D eigenvalue weighted by Gasteiger charge is 2.17. The van der Waals surface area contributed by atoms with E-state index in [1.165, 1.54) is 22.7 Å². The summed E-state index contributed by atoms with van der Waals surface area (Å²) in [6.45, 7) is 1.98. The zero-order chi connectivity index (χ0) is 15.1. The fourth-order valence-corrected chi connectivity index (χ4v) is 3.75. The van der Waals surface area contributed by atoms with Gasteiger partial charge in [0.15, 0.2) is 10.8 Å². The van der Waals surface area contributed by atoms with E-state index in [-0.39, 0.29) is 5.88 Å². The molecule has 0 fully saturated rings. The molecule has 0 bridgehead atoms. The van der Waals surface area contributed by atoms with Crippen LogP contribution >= 0.6 is 22.7 Å². The highest BCUT2D eigenvalue weighted by molar-refractivity contribution is 7.18. The number of thiophene rings is 1. The van der Waals surface area contributed by atoms with E-state index >= 15 is 0 Å². The third kappa shape index (κ3) is 2.15. The minimum atomic E-state index is -0.0139. The standard InChI is InChI=1S/C15H10N4OS2/c1-8-6-17-15(22-8)13-18-11-9(10-4-2-3-5-16-10)7-21-12(11)14(20)19-13/h2-7H,1H3,(H,18,19,20). The van der Waals surface area contributed by atoms with Crippen LogP contribution in [-0.4, -0.2) is 25.0 Å². The Bertz CT molecular complexity index is 962. The molecule has 4 heterocycles. The van der Waals surface area contributed by atoms with Gasteiger partial charge in [0, 0.05) is 28.2 Å². The summed E-state index contributed by atoms with van der Waals surface area (Å²) in [7, 11) is 0. The molecule has 0 aliphatic rings. The van der Waals surface area contributed by atoms with Crippen LogP contribution in [0.3, 0.4) is 0 Å². The van der Waals surface area contributed by atoms with Gasteiger partial charge in [0.25, 0.3) is 0 Å². The van der Waals surface area contributed by atoms with Gasteiger partial charge in [0.1, 0.15) is 4.70 Å². The monoisotopic (exact) mass is 326 g/mol. The highest BCUT2D eigenvalue weighted by atomic mass is 32.1. The Morgan fingerprint density at radius 3 is 2.77 bits per heavy atom. The third-order valence-corrected chi connectivity index (χ3v) is 5.02. The van der Waals surface area contributed by atoms with Crippen molar-refractivity contribution in [2.75, 3.05) is 0 Å². The van der Waals surface area contributed by atoms with E-state index in [1.807, 2.05) is 30.5 Å². The van der Waals surface area contributed by atoms with Gasteiger partial charge < -0.3 is 5.11 Å². The molecule has 22 heavy (non-hydrogen) atoms. The smallest absolute Gasteiger partial charge is 0.233 e. The summed E-state index contributed by atoms with van der Waals surface area (Å²) in [5.74, 6) is 0.429. The predicted octanol–water partition coefficient (Wildman–Crippen LogP) is 3.89.